The second-order valence-corrected chi connectivity index (χ2v) is 10.7. The zero-order chi connectivity index (χ0) is 28.1. The van der Waals surface area contributed by atoms with Crippen LogP contribution in [0.1, 0.15) is 102 Å². The van der Waals surface area contributed by atoms with Gasteiger partial charge >= 0.3 is 0 Å². The largest absolute Gasteiger partial charge is 0.394 e. The van der Waals surface area contributed by atoms with Crippen molar-refractivity contribution < 1.29 is 29.2 Å². The van der Waals surface area contributed by atoms with Crippen LogP contribution in [0, 0.1) is 0 Å². The van der Waals surface area contributed by atoms with E-state index < -0.39 is 30.6 Å². The standard InChI is InChI=1S/C32H53NO6/c1-3-5-6-7-8-9-10-11-12-13-14-15-19-22-28(35)33-29-31(38-25-26-20-17-16-18-21-26)30(36)27(24-34)39-32(29)37-23-4-2/h4,16-18,20-21,27,29-32,34,36H,2-3,5-15,19,22-25H2,1H3,(H,33,35)/t27-,29-,30-,31-,32-/m1/s1. The van der Waals surface area contributed by atoms with Gasteiger partial charge in [0.05, 0.1) is 19.8 Å². The Labute approximate surface area is 236 Å². The van der Waals surface area contributed by atoms with Gasteiger partial charge in [0, 0.05) is 6.42 Å². The molecule has 1 saturated heterocycles. The van der Waals surface area contributed by atoms with Crippen LogP contribution in [0.15, 0.2) is 43.0 Å². The van der Waals surface area contributed by atoms with Crippen molar-refractivity contribution in [3.8, 4) is 0 Å². The molecule has 7 nitrogen and oxygen atoms in total. The van der Waals surface area contributed by atoms with Crippen LogP contribution in [0.5, 0.6) is 0 Å². The maximum Gasteiger partial charge on any atom is 0.220 e. The van der Waals surface area contributed by atoms with E-state index in [1.165, 1.54) is 64.2 Å². The number of benzene rings is 1. The number of ether oxygens (including phenoxy) is 3. The average Bonchev–Trinajstić information content (AvgIpc) is 2.95. The van der Waals surface area contributed by atoms with Crippen LogP contribution in [0.3, 0.4) is 0 Å². The fraction of sp³-hybridized carbons (Fsp3) is 0.719. The van der Waals surface area contributed by atoms with Gasteiger partial charge in [0.2, 0.25) is 5.91 Å². The van der Waals surface area contributed by atoms with Crippen LogP contribution in [0.2, 0.25) is 0 Å². The van der Waals surface area contributed by atoms with E-state index in [2.05, 4.69) is 18.8 Å². The lowest BCUT2D eigenvalue weighted by Crippen LogP contribution is -2.65. The molecule has 0 radical (unpaired) electrons. The van der Waals surface area contributed by atoms with Crippen molar-refractivity contribution in [2.45, 2.75) is 134 Å². The van der Waals surface area contributed by atoms with Crippen LogP contribution in [-0.2, 0) is 25.6 Å². The summed E-state index contributed by atoms with van der Waals surface area (Å²) in [6.45, 7) is 6.00. The Morgan fingerprint density at radius 3 is 2.10 bits per heavy atom. The number of unbranched alkanes of at least 4 members (excludes halogenated alkanes) is 12. The Balaban J connectivity index is 1.76. The molecule has 39 heavy (non-hydrogen) atoms. The molecule has 1 aromatic rings. The number of carbonyl (C=O) groups is 1. The van der Waals surface area contributed by atoms with E-state index in [-0.39, 0.29) is 25.7 Å². The van der Waals surface area contributed by atoms with Gasteiger partial charge in [-0.1, -0.05) is 120 Å². The van der Waals surface area contributed by atoms with Crippen molar-refractivity contribution in [2.24, 2.45) is 0 Å². The van der Waals surface area contributed by atoms with E-state index in [1.807, 2.05) is 30.3 Å². The summed E-state index contributed by atoms with van der Waals surface area (Å²) in [5.41, 5.74) is 0.942. The number of rotatable bonds is 22. The highest BCUT2D eigenvalue weighted by molar-refractivity contribution is 5.76. The Bertz CT molecular complexity index is 760. The van der Waals surface area contributed by atoms with Crippen molar-refractivity contribution in [3.05, 3.63) is 48.6 Å². The molecule has 1 amide bonds. The van der Waals surface area contributed by atoms with Gasteiger partial charge in [-0.25, -0.2) is 0 Å². The second-order valence-electron chi connectivity index (χ2n) is 10.7. The monoisotopic (exact) mass is 547 g/mol. The number of carbonyl (C=O) groups excluding carboxylic acids is 1. The lowest BCUT2D eigenvalue weighted by molar-refractivity contribution is -0.275. The molecule has 1 aromatic carbocycles. The van der Waals surface area contributed by atoms with E-state index in [1.54, 1.807) is 6.08 Å². The fourth-order valence-corrected chi connectivity index (χ4v) is 5.05. The minimum Gasteiger partial charge on any atom is -0.394 e. The summed E-state index contributed by atoms with van der Waals surface area (Å²) < 4.78 is 17.7. The smallest absolute Gasteiger partial charge is 0.220 e. The van der Waals surface area contributed by atoms with Crippen molar-refractivity contribution in [3.63, 3.8) is 0 Å². The maximum atomic E-state index is 12.9. The van der Waals surface area contributed by atoms with Gasteiger partial charge in [-0.2, -0.15) is 0 Å². The number of aliphatic hydroxyl groups is 2. The Morgan fingerprint density at radius 1 is 0.949 bits per heavy atom. The first-order chi connectivity index (χ1) is 19.1. The minimum atomic E-state index is -1.12. The third-order valence-corrected chi connectivity index (χ3v) is 7.35. The molecule has 1 aliphatic rings. The molecule has 0 aromatic heterocycles. The second kappa shape index (κ2) is 21.0. The number of nitrogens with one attached hydrogen (secondary N) is 1. The normalized spacial score (nSPS) is 23.0. The first-order valence-electron chi connectivity index (χ1n) is 15.2. The molecule has 0 unspecified atom stereocenters. The number of aliphatic hydroxyl groups excluding tert-OH is 2. The van der Waals surface area contributed by atoms with Gasteiger partial charge in [0.15, 0.2) is 6.29 Å². The van der Waals surface area contributed by atoms with Crippen LogP contribution < -0.4 is 5.32 Å². The zero-order valence-corrected chi connectivity index (χ0v) is 24.1. The molecule has 7 heteroatoms. The number of hydrogen-bond donors (Lipinski definition) is 3. The van der Waals surface area contributed by atoms with Crippen molar-refractivity contribution in [1.29, 1.82) is 0 Å². The molecule has 3 N–H and O–H groups in total. The molecule has 222 valence electrons. The van der Waals surface area contributed by atoms with Crippen molar-refractivity contribution in [1.82, 2.24) is 5.32 Å². The van der Waals surface area contributed by atoms with E-state index >= 15 is 0 Å². The summed E-state index contributed by atoms with van der Waals surface area (Å²) >= 11 is 0. The highest BCUT2D eigenvalue weighted by atomic mass is 16.7. The van der Waals surface area contributed by atoms with Gasteiger partial charge in [0.25, 0.3) is 0 Å². The lowest BCUT2D eigenvalue weighted by atomic mass is 9.96. The Hall–Kier alpha value is -1.77. The van der Waals surface area contributed by atoms with Crippen LogP contribution in [0.25, 0.3) is 0 Å². The lowest BCUT2D eigenvalue weighted by Gasteiger charge is -2.44. The maximum absolute atomic E-state index is 12.9. The number of hydrogen-bond acceptors (Lipinski definition) is 6. The zero-order valence-electron chi connectivity index (χ0n) is 24.1. The first kappa shape index (κ1) is 33.4. The van der Waals surface area contributed by atoms with Crippen LogP contribution in [0.4, 0.5) is 0 Å². The summed E-state index contributed by atoms with van der Waals surface area (Å²) in [6.07, 6.45) is 14.6. The summed E-state index contributed by atoms with van der Waals surface area (Å²) in [5.74, 6) is -0.123. The van der Waals surface area contributed by atoms with Gasteiger partial charge in [-0.3, -0.25) is 4.79 Å². The molecule has 1 heterocycles. The minimum absolute atomic E-state index is 0.123. The van der Waals surface area contributed by atoms with E-state index in [0.717, 1.165) is 24.8 Å². The van der Waals surface area contributed by atoms with Crippen molar-refractivity contribution >= 4 is 5.91 Å². The average molecular weight is 548 g/mol. The highest BCUT2D eigenvalue weighted by Gasteiger charge is 2.47. The summed E-state index contributed by atoms with van der Waals surface area (Å²) in [7, 11) is 0. The summed E-state index contributed by atoms with van der Waals surface area (Å²) in [6, 6.07) is 8.90. The van der Waals surface area contributed by atoms with Gasteiger partial charge in [-0.05, 0) is 12.0 Å². The third-order valence-electron chi connectivity index (χ3n) is 7.35. The molecular weight excluding hydrogens is 494 g/mol. The summed E-state index contributed by atoms with van der Waals surface area (Å²) in [5, 5.41) is 23.6. The molecule has 2 rings (SSSR count). The van der Waals surface area contributed by atoms with Crippen molar-refractivity contribution in [2.75, 3.05) is 13.2 Å². The topological polar surface area (TPSA) is 97.2 Å². The molecule has 0 spiro atoms. The van der Waals surface area contributed by atoms with E-state index in [4.69, 9.17) is 14.2 Å². The number of amides is 1. The predicted molar refractivity (Wildman–Crippen MR) is 155 cm³/mol. The quantitative estimate of drug-likeness (QED) is 0.125. The molecular formula is C32H53NO6. The Morgan fingerprint density at radius 2 is 1.54 bits per heavy atom. The highest BCUT2D eigenvalue weighted by Crippen LogP contribution is 2.26. The molecule has 0 bridgehead atoms. The van der Waals surface area contributed by atoms with Gasteiger partial charge in [-0.15, -0.1) is 6.58 Å². The third kappa shape index (κ3) is 13.4. The molecule has 5 atom stereocenters. The van der Waals surface area contributed by atoms with E-state index in [9.17, 15) is 15.0 Å². The predicted octanol–water partition coefficient (Wildman–Crippen LogP) is 5.82. The Kier molecular flexibility index (Phi) is 18.0. The first-order valence-corrected chi connectivity index (χ1v) is 15.2. The fourth-order valence-electron chi connectivity index (χ4n) is 5.05. The summed E-state index contributed by atoms with van der Waals surface area (Å²) in [4.78, 5) is 12.9. The molecule has 0 aliphatic carbocycles. The van der Waals surface area contributed by atoms with Crippen LogP contribution in [-0.4, -0.2) is 60.0 Å². The van der Waals surface area contributed by atoms with Crippen LogP contribution >= 0.6 is 0 Å². The van der Waals surface area contributed by atoms with Gasteiger partial charge in [0.1, 0.15) is 24.4 Å². The SMILES string of the molecule is C=CCO[C@@H]1O[C@H](CO)[C@@H](O)[C@H](OCc2ccccc2)[C@H]1NC(=O)CCCCCCCCCCCCCCC. The molecule has 0 saturated carbocycles. The molecule has 1 fully saturated rings. The van der Waals surface area contributed by atoms with Gasteiger partial charge < -0.3 is 29.7 Å². The molecule has 1 aliphatic heterocycles. The van der Waals surface area contributed by atoms with E-state index in [0.29, 0.717) is 6.42 Å².